The van der Waals surface area contributed by atoms with E-state index in [1.807, 2.05) is 30.3 Å². The van der Waals surface area contributed by atoms with Crippen molar-refractivity contribution in [3.05, 3.63) is 48.4 Å². The lowest BCUT2D eigenvalue weighted by Gasteiger charge is -2.20. The van der Waals surface area contributed by atoms with Crippen LogP contribution in [0.4, 0.5) is 5.69 Å². The molecule has 4 heteroatoms. The van der Waals surface area contributed by atoms with Crippen molar-refractivity contribution in [2.75, 3.05) is 0 Å². The number of furan rings is 1. The van der Waals surface area contributed by atoms with Gasteiger partial charge in [-0.3, -0.25) is 4.99 Å². The molecule has 3 nitrogen and oxygen atoms in total. The van der Waals surface area contributed by atoms with Crippen LogP contribution in [0.3, 0.4) is 0 Å². The lowest BCUT2D eigenvalue weighted by Crippen LogP contribution is -2.29. The molecule has 0 saturated carbocycles. The lowest BCUT2D eigenvalue weighted by molar-refractivity contribution is 0.559. The fourth-order valence-corrected chi connectivity index (χ4v) is 2.30. The Morgan fingerprint density at radius 1 is 1.17 bits per heavy atom. The van der Waals surface area contributed by atoms with E-state index in [1.165, 1.54) is 0 Å². The van der Waals surface area contributed by atoms with E-state index in [0.29, 0.717) is 0 Å². The molecule has 0 fully saturated rings. The monoisotopic (exact) mass is 259 g/mol. The summed E-state index contributed by atoms with van der Waals surface area (Å²) in [6, 6.07) is 9.70. The molecule has 0 aliphatic heterocycles. The highest BCUT2D eigenvalue weighted by Crippen LogP contribution is 2.29. The normalized spacial score (nSPS) is 11.9. The minimum Gasteiger partial charge on any atom is -0.543 e. The molecular weight excluding hydrogens is 242 g/mol. The molecule has 2 rings (SSSR count). The lowest BCUT2D eigenvalue weighted by atomic mass is 10.3. The molecule has 0 aliphatic carbocycles. The third-order valence-corrected chi connectivity index (χ3v) is 3.01. The Labute approximate surface area is 108 Å². The Kier molecular flexibility index (Phi) is 3.67. The molecule has 94 valence electrons. The minimum atomic E-state index is -1.62. The fraction of sp³-hybridized carbons (Fsp3) is 0.214. The van der Waals surface area contributed by atoms with E-state index in [4.69, 9.17) is 8.84 Å². The second kappa shape index (κ2) is 5.22. The van der Waals surface area contributed by atoms with Gasteiger partial charge in [0.2, 0.25) is 8.32 Å². The Morgan fingerprint density at radius 2 is 1.94 bits per heavy atom. The van der Waals surface area contributed by atoms with Gasteiger partial charge in [-0.05, 0) is 37.8 Å². The molecular formula is C14H17NO2Si. The Bertz CT molecular complexity index is 527. The van der Waals surface area contributed by atoms with Gasteiger partial charge in [-0.2, -0.15) is 0 Å². The molecule has 0 spiro atoms. The van der Waals surface area contributed by atoms with Gasteiger partial charge in [-0.25, -0.2) is 0 Å². The highest BCUT2D eigenvalue weighted by atomic mass is 28.4. The van der Waals surface area contributed by atoms with Crippen molar-refractivity contribution in [2.45, 2.75) is 19.6 Å². The van der Waals surface area contributed by atoms with E-state index < -0.39 is 8.32 Å². The summed E-state index contributed by atoms with van der Waals surface area (Å²) in [5, 5.41) is 0. The number of para-hydroxylation sites is 2. The Hall–Kier alpha value is -1.81. The largest absolute Gasteiger partial charge is 0.543 e. The fourth-order valence-electron chi connectivity index (χ4n) is 1.47. The molecule has 0 bridgehead atoms. The third kappa shape index (κ3) is 3.60. The summed E-state index contributed by atoms with van der Waals surface area (Å²) in [4.78, 5) is 4.45. The number of benzene rings is 1. The van der Waals surface area contributed by atoms with Gasteiger partial charge >= 0.3 is 0 Å². The van der Waals surface area contributed by atoms with E-state index in [1.54, 1.807) is 18.7 Å². The summed E-state index contributed by atoms with van der Waals surface area (Å²) in [7, 11) is -1.62. The van der Waals surface area contributed by atoms with Gasteiger partial charge in [0.15, 0.2) is 0 Å². The second-order valence-corrected chi connectivity index (χ2v) is 9.43. The van der Waals surface area contributed by atoms with Gasteiger partial charge in [0, 0.05) is 11.8 Å². The van der Waals surface area contributed by atoms with Crippen molar-refractivity contribution in [2.24, 2.45) is 4.99 Å². The molecule has 0 radical (unpaired) electrons. The topological polar surface area (TPSA) is 34.7 Å². The zero-order valence-electron chi connectivity index (χ0n) is 10.9. The van der Waals surface area contributed by atoms with Crippen LogP contribution in [0.15, 0.2) is 52.3 Å². The molecule has 1 aromatic heterocycles. The van der Waals surface area contributed by atoms with Gasteiger partial charge in [0.25, 0.3) is 0 Å². The highest BCUT2D eigenvalue weighted by molar-refractivity contribution is 6.70. The van der Waals surface area contributed by atoms with Crippen molar-refractivity contribution in [3.8, 4) is 5.75 Å². The van der Waals surface area contributed by atoms with Crippen LogP contribution < -0.4 is 4.43 Å². The zero-order chi connectivity index (χ0) is 13.0. The summed E-state index contributed by atoms with van der Waals surface area (Å²) in [6.07, 6.45) is 5.06. The number of hydrogen-bond donors (Lipinski definition) is 0. The van der Waals surface area contributed by atoms with E-state index in [0.717, 1.165) is 17.0 Å². The van der Waals surface area contributed by atoms with Gasteiger partial charge in [-0.15, -0.1) is 0 Å². The van der Waals surface area contributed by atoms with Crippen LogP contribution in [0, 0.1) is 0 Å². The maximum atomic E-state index is 6.00. The molecule has 0 amide bonds. The van der Waals surface area contributed by atoms with Crippen LogP contribution in [0.5, 0.6) is 5.75 Å². The first-order valence-electron chi connectivity index (χ1n) is 5.89. The van der Waals surface area contributed by atoms with Crippen LogP contribution in [-0.4, -0.2) is 14.5 Å². The Balaban J connectivity index is 2.22. The summed E-state index contributed by atoms with van der Waals surface area (Å²) in [5.74, 6) is 0.844. The minimum absolute atomic E-state index is 0.844. The maximum absolute atomic E-state index is 6.00. The molecule has 0 saturated heterocycles. The smallest absolute Gasteiger partial charge is 0.242 e. The summed E-state index contributed by atoms with van der Waals surface area (Å²) < 4.78 is 11.0. The number of hydrogen-bond acceptors (Lipinski definition) is 3. The Morgan fingerprint density at radius 3 is 2.61 bits per heavy atom. The average molecular weight is 259 g/mol. The average Bonchev–Trinajstić information content (AvgIpc) is 2.79. The van der Waals surface area contributed by atoms with E-state index in [-0.39, 0.29) is 0 Å². The van der Waals surface area contributed by atoms with E-state index >= 15 is 0 Å². The van der Waals surface area contributed by atoms with Gasteiger partial charge in [0.05, 0.1) is 12.5 Å². The van der Waals surface area contributed by atoms with Gasteiger partial charge < -0.3 is 8.84 Å². The molecule has 0 atom stereocenters. The molecule has 0 N–H and O–H groups in total. The van der Waals surface area contributed by atoms with Crippen LogP contribution >= 0.6 is 0 Å². The number of nitrogens with zero attached hydrogens (tertiary/aromatic N) is 1. The molecule has 1 heterocycles. The molecule has 0 unspecified atom stereocenters. The number of aliphatic imine (C=N–C) groups is 1. The number of rotatable bonds is 4. The SMILES string of the molecule is C[Si](C)(C)Oc1ccccc1N=Cc1ccoc1. The molecule has 18 heavy (non-hydrogen) atoms. The van der Waals surface area contributed by atoms with Crippen LogP contribution in [0.1, 0.15) is 5.56 Å². The first-order valence-corrected chi connectivity index (χ1v) is 9.30. The summed E-state index contributed by atoms with van der Waals surface area (Å²) >= 11 is 0. The summed E-state index contributed by atoms with van der Waals surface area (Å²) in [6.45, 7) is 6.47. The molecule has 1 aromatic carbocycles. The van der Waals surface area contributed by atoms with Gasteiger partial charge in [-0.1, -0.05) is 12.1 Å². The van der Waals surface area contributed by atoms with Gasteiger partial charge in [0.1, 0.15) is 11.4 Å². The molecule has 2 aromatic rings. The summed E-state index contributed by atoms with van der Waals surface area (Å²) in [5.41, 5.74) is 1.79. The van der Waals surface area contributed by atoms with Crippen LogP contribution in [0.2, 0.25) is 19.6 Å². The van der Waals surface area contributed by atoms with Crippen molar-refractivity contribution < 1.29 is 8.84 Å². The van der Waals surface area contributed by atoms with Crippen molar-refractivity contribution in [1.82, 2.24) is 0 Å². The first kappa shape index (κ1) is 12.6. The van der Waals surface area contributed by atoms with Crippen molar-refractivity contribution in [1.29, 1.82) is 0 Å². The van der Waals surface area contributed by atoms with Crippen LogP contribution in [0.25, 0.3) is 0 Å². The zero-order valence-corrected chi connectivity index (χ0v) is 11.9. The van der Waals surface area contributed by atoms with Crippen LogP contribution in [-0.2, 0) is 0 Å². The quantitative estimate of drug-likeness (QED) is 0.608. The predicted molar refractivity (Wildman–Crippen MR) is 76.4 cm³/mol. The van der Waals surface area contributed by atoms with Crippen molar-refractivity contribution in [3.63, 3.8) is 0 Å². The van der Waals surface area contributed by atoms with E-state index in [2.05, 4.69) is 24.6 Å². The maximum Gasteiger partial charge on any atom is 0.242 e. The third-order valence-electron chi connectivity index (χ3n) is 2.18. The predicted octanol–water partition coefficient (Wildman–Crippen LogP) is 4.24. The highest BCUT2D eigenvalue weighted by Gasteiger charge is 2.17. The van der Waals surface area contributed by atoms with Crippen molar-refractivity contribution >= 4 is 20.2 Å². The second-order valence-electron chi connectivity index (χ2n) is 5.00. The standard InChI is InChI=1S/C14H17NO2Si/c1-18(2,3)17-14-7-5-4-6-13(14)15-10-12-8-9-16-11-12/h4-11H,1-3H3. The van der Waals surface area contributed by atoms with E-state index in [9.17, 15) is 0 Å². The first-order chi connectivity index (χ1) is 8.54. The molecule has 0 aliphatic rings.